The number of carbonyl (C=O) groups excluding carboxylic acids is 1. The zero-order chi connectivity index (χ0) is 27.5. The fourth-order valence-corrected chi connectivity index (χ4v) is 4.58. The van der Waals surface area contributed by atoms with Gasteiger partial charge in [-0.15, -0.1) is 13.2 Å². The summed E-state index contributed by atoms with van der Waals surface area (Å²) in [6, 6.07) is 6.53. The first-order valence-electron chi connectivity index (χ1n) is 11.2. The molecule has 2 heterocycles. The summed E-state index contributed by atoms with van der Waals surface area (Å²) < 4.78 is 73.8. The lowest BCUT2D eigenvalue weighted by Crippen LogP contribution is -2.31. The molecule has 0 spiro atoms. The van der Waals surface area contributed by atoms with Gasteiger partial charge in [-0.2, -0.15) is 18.2 Å². The first kappa shape index (κ1) is 27.4. The number of benzene rings is 1. The molecule has 1 aliphatic carbocycles. The molecule has 3 aromatic rings. The summed E-state index contributed by atoms with van der Waals surface area (Å²) in [5, 5.41) is 17.4. The van der Waals surface area contributed by atoms with Crippen molar-refractivity contribution in [1.29, 1.82) is 0 Å². The highest BCUT2D eigenvalue weighted by molar-refractivity contribution is 7.84. The van der Waals surface area contributed by atoms with Crippen LogP contribution in [0.4, 0.5) is 19.0 Å². The molecular weight excluding hydrogens is 533 g/mol. The summed E-state index contributed by atoms with van der Waals surface area (Å²) in [7, 11) is -2.83. The number of anilines is 1. The fourth-order valence-electron chi connectivity index (χ4n) is 3.96. The molecule has 0 amide bonds. The van der Waals surface area contributed by atoms with E-state index >= 15 is 0 Å². The number of rotatable bonds is 10. The van der Waals surface area contributed by atoms with Gasteiger partial charge in [-0.1, -0.05) is 18.2 Å². The largest absolute Gasteiger partial charge is 0.573 e. The van der Waals surface area contributed by atoms with Crippen LogP contribution in [0, 0.1) is 0 Å². The maximum atomic E-state index is 13.2. The third-order valence-electron chi connectivity index (χ3n) is 5.67. The Hall–Kier alpha value is -3.60. The molecule has 3 N–H and O–H groups in total. The molecule has 1 aliphatic rings. The number of halogens is 3. The summed E-state index contributed by atoms with van der Waals surface area (Å²) in [6.45, 7) is -0.0905. The molecule has 1 fully saturated rings. The number of hydrogen-bond donors (Lipinski definition) is 3. The summed E-state index contributed by atoms with van der Waals surface area (Å²) >= 11 is 0. The second-order valence-electron chi connectivity index (χ2n) is 8.34. The number of alkyl halides is 3. The molecule has 0 radical (unpaired) electrons. The molecule has 0 saturated heterocycles. The minimum Gasteiger partial charge on any atom is -0.405 e. The molecule has 1 aromatic carbocycles. The predicted molar refractivity (Wildman–Crippen MR) is 125 cm³/mol. The summed E-state index contributed by atoms with van der Waals surface area (Å²) in [6.07, 6.45) is -2.76. The van der Waals surface area contributed by atoms with Crippen LogP contribution in [-0.4, -0.2) is 70.7 Å². The van der Waals surface area contributed by atoms with Gasteiger partial charge < -0.3 is 15.2 Å². The van der Waals surface area contributed by atoms with E-state index in [2.05, 4.69) is 25.1 Å². The Kier molecular flexibility index (Phi) is 7.96. The Bertz CT molecular complexity index is 1400. The van der Waals surface area contributed by atoms with Crippen LogP contribution in [0.5, 0.6) is 5.75 Å². The van der Waals surface area contributed by atoms with Crippen molar-refractivity contribution >= 4 is 21.9 Å². The number of para-hydroxylation sites is 1. The number of hydrogen-bond acceptors (Lipinski definition) is 10. The van der Waals surface area contributed by atoms with Crippen molar-refractivity contribution in [3.8, 4) is 5.75 Å². The quantitative estimate of drug-likeness (QED) is 0.314. The van der Waals surface area contributed by atoms with E-state index in [9.17, 15) is 31.5 Å². The number of aliphatic hydroxyl groups excluding tert-OH is 1. The van der Waals surface area contributed by atoms with Crippen molar-refractivity contribution in [3.05, 3.63) is 65.9 Å². The number of ketones is 1. The van der Waals surface area contributed by atoms with Crippen molar-refractivity contribution in [2.45, 2.75) is 44.0 Å². The number of aromatic nitrogens is 4. The molecule has 0 unspecified atom stereocenters. The lowest BCUT2D eigenvalue weighted by molar-refractivity contribution is -0.274. The smallest absolute Gasteiger partial charge is 0.405 e. The van der Waals surface area contributed by atoms with Crippen LogP contribution in [0.1, 0.15) is 34.5 Å². The van der Waals surface area contributed by atoms with Gasteiger partial charge in [0, 0.05) is 31.0 Å². The standard InChI is InChI=1S/C22H23F3N6O6S/c1-26-38(34,35)37-19-9-14(8-17(19)32)29-21-15(10-27-12-28-21)20(33)16-6-7-31(30-16)11-13-4-2-3-5-18(13)36-22(23,24)25/h2-7,10,12,14,17,19,26,32H,8-9,11H2,1H3,(H,27,28,29)/t14-,17+,19-/m1/s1. The van der Waals surface area contributed by atoms with Crippen LogP contribution in [0.3, 0.4) is 0 Å². The molecule has 4 rings (SSSR count). The average molecular weight is 557 g/mol. The van der Waals surface area contributed by atoms with Gasteiger partial charge in [-0.05, 0) is 25.0 Å². The molecule has 204 valence electrons. The number of ether oxygens (including phenoxy) is 1. The SMILES string of the molecule is CNS(=O)(=O)O[C@@H]1C[C@H](Nc2ncncc2C(=O)c2ccn(Cc3ccccc3OC(F)(F)F)n2)C[C@@H]1O. The molecule has 0 bridgehead atoms. The Morgan fingerprint density at radius 1 is 1.24 bits per heavy atom. The second-order valence-corrected chi connectivity index (χ2v) is 9.85. The van der Waals surface area contributed by atoms with Gasteiger partial charge in [0.25, 0.3) is 0 Å². The monoisotopic (exact) mass is 556 g/mol. The molecule has 3 atom stereocenters. The Morgan fingerprint density at radius 3 is 2.74 bits per heavy atom. The topological polar surface area (TPSA) is 158 Å². The molecule has 12 nitrogen and oxygen atoms in total. The van der Waals surface area contributed by atoms with Gasteiger partial charge in [-0.3, -0.25) is 13.7 Å². The van der Waals surface area contributed by atoms with E-state index in [1.54, 1.807) is 6.07 Å². The number of carbonyl (C=O) groups is 1. The van der Waals surface area contributed by atoms with E-state index < -0.39 is 40.7 Å². The second kappa shape index (κ2) is 11.0. The Balaban J connectivity index is 1.47. The highest BCUT2D eigenvalue weighted by Gasteiger charge is 2.37. The van der Waals surface area contributed by atoms with E-state index in [4.69, 9.17) is 4.18 Å². The van der Waals surface area contributed by atoms with Crippen molar-refractivity contribution in [2.75, 3.05) is 12.4 Å². The van der Waals surface area contributed by atoms with Crippen LogP contribution in [-0.2, 0) is 21.0 Å². The van der Waals surface area contributed by atoms with E-state index in [0.29, 0.717) is 0 Å². The summed E-state index contributed by atoms with van der Waals surface area (Å²) in [5.41, 5.74) is 0.249. The van der Waals surface area contributed by atoms with Crippen molar-refractivity contribution in [1.82, 2.24) is 24.5 Å². The van der Waals surface area contributed by atoms with Gasteiger partial charge in [0.05, 0.1) is 18.2 Å². The highest BCUT2D eigenvalue weighted by atomic mass is 32.2. The lowest BCUT2D eigenvalue weighted by Gasteiger charge is -2.15. The normalized spacial score (nSPS) is 19.9. The third kappa shape index (κ3) is 6.83. The van der Waals surface area contributed by atoms with E-state index in [1.165, 1.54) is 54.7 Å². The van der Waals surface area contributed by atoms with Crippen LogP contribution >= 0.6 is 0 Å². The zero-order valence-corrected chi connectivity index (χ0v) is 20.6. The average Bonchev–Trinajstić information content (AvgIpc) is 3.45. The van der Waals surface area contributed by atoms with Gasteiger partial charge in [0.1, 0.15) is 29.7 Å². The number of nitrogens with one attached hydrogen (secondary N) is 2. The zero-order valence-electron chi connectivity index (χ0n) is 19.8. The minimum atomic E-state index is -4.86. The van der Waals surface area contributed by atoms with E-state index in [0.717, 1.165) is 0 Å². The highest BCUT2D eigenvalue weighted by Crippen LogP contribution is 2.29. The summed E-state index contributed by atoms with van der Waals surface area (Å²) in [4.78, 5) is 21.2. The Morgan fingerprint density at radius 2 is 2.00 bits per heavy atom. The number of aliphatic hydroxyl groups is 1. The van der Waals surface area contributed by atoms with Crippen LogP contribution in [0.25, 0.3) is 0 Å². The summed E-state index contributed by atoms with van der Waals surface area (Å²) in [5.74, 6) is -0.802. The van der Waals surface area contributed by atoms with E-state index in [-0.39, 0.29) is 47.8 Å². The van der Waals surface area contributed by atoms with Gasteiger partial charge >= 0.3 is 16.7 Å². The number of nitrogens with zero attached hydrogens (tertiary/aromatic N) is 4. The van der Waals surface area contributed by atoms with Crippen molar-refractivity contribution in [2.24, 2.45) is 0 Å². The molecule has 0 aliphatic heterocycles. The molecular formula is C22H23F3N6O6S. The van der Waals surface area contributed by atoms with Crippen LogP contribution in [0.2, 0.25) is 0 Å². The third-order valence-corrected chi connectivity index (χ3v) is 6.67. The van der Waals surface area contributed by atoms with E-state index in [1.807, 2.05) is 4.72 Å². The minimum absolute atomic E-state index is 0.00940. The maximum Gasteiger partial charge on any atom is 0.573 e. The van der Waals surface area contributed by atoms with Gasteiger partial charge in [0.2, 0.25) is 5.78 Å². The predicted octanol–water partition coefficient (Wildman–Crippen LogP) is 1.64. The maximum absolute atomic E-state index is 13.2. The van der Waals surface area contributed by atoms with Crippen LogP contribution < -0.4 is 14.8 Å². The van der Waals surface area contributed by atoms with Gasteiger partial charge in [0.15, 0.2) is 0 Å². The lowest BCUT2D eigenvalue weighted by atomic mass is 10.1. The van der Waals surface area contributed by atoms with Gasteiger partial charge in [-0.25, -0.2) is 9.97 Å². The molecule has 1 saturated carbocycles. The van der Waals surface area contributed by atoms with Crippen molar-refractivity contribution in [3.63, 3.8) is 0 Å². The first-order valence-corrected chi connectivity index (χ1v) is 12.6. The Labute approximate surface area is 215 Å². The molecule has 38 heavy (non-hydrogen) atoms. The molecule has 2 aromatic heterocycles. The molecule has 16 heteroatoms. The van der Waals surface area contributed by atoms with Crippen molar-refractivity contribution < 1.29 is 40.4 Å². The first-order chi connectivity index (χ1) is 17.9. The fraction of sp³-hybridized carbons (Fsp3) is 0.364. The van der Waals surface area contributed by atoms with Crippen LogP contribution in [0.15, 0.2) is 49.1 Å².